The Kier molecular flexibility index (Phi) is 5.98. The van der Waals surface area contributed by atoms with Crippen LogP contribution in [0.4, 0.5) is 5.69 Å². The zero-order valence-electron chi connectivity index (χ0n) is 14.7. The van der Waals surface area contributed by atoms with E-state index in [1.165, 1.54) is 6.92 Å². The first-order valence-corrected chi connectivity index (χ1v) is 8.88. The van der Waals surface area contributed by atoms with Gasteiger partial charge in [-0.25, -0.2) is 0 Å². The van der Waals surface area contributed by atoms with Crippen LogP contribution in [0.5, 0.6) is 0 Å². The smallest absolute Gasteiger partial charge is 0.226 e. The van der Waals surface area contributed by atoms with E-state index in [0.717, 1.165) is 5.56 Å². The van der Waals surface area contributed by atoms with Crippen molar-refractivity contribution in [1.29, 1.82) is 0 Å². The fourth-order valence-corrected chi connectivity index (χ4v) is 2.61. The quantitative estimate of drug-likeness (QED) is 0.605. The lowest BCUT2D eigenvalue weighted by Gasteiger charge is -2.05. The predicted molar refractivity (Wildman–Crippen MR) is 103 cm³/mol. The molecular formula is C20H18ClN3O3. The summed E-state index contributed by atoms with van der Waals surface area (Å²) >= 11 is 5.86. The summed E-state index contributed by atoms with van der Waals surface area (Å²) in [6.45, 7) is 1.50. The van der Waals surface area contributed by atoms with Crippen LogP contribution in [0.3, 0.4) is 0 Å². The van der Waals surface area contributed by atoms with E-state index in [-0.39, 0.29) is 11.7 Å². The second-order valence-corrected chi connectivity index (χ2v) is 6.49. The summed E-state index contributed by atoms with van der Waals surface area (Å²) < 4.78 is 5.23. The van der Waals surface area contributed by atoms with Gasteiger partial charge in [0.25, 0.3) is 0 Å². The second-order valence-electron chi connectivity index (χ2n) is 6.05. The lowest BCUT2D eigenvalue weighted by Crippen LogP contribution is -2.11. The van der Waals surface area contributed by atoms with E-state index in [9.17, 15) is 9.59 Å². The Morgan fingerprint density at radius 2 is 1.78 bits per heavy atom. The third-order valence-corrected chi connectivity index (χ3v) is 4.19. The van der Waals surface area contributed by atoms with Crippen molar-refractivity contribution >= 4 is 29.0 Å². The summed E-state index contributed by atoms with van der Waals surface area (Å²) in [5, 5.41) is 7.39. The number of anilines is 1. The first-order valence-electron chi connectivity index (χ1n) is 8.50. The van der Waals surface area contributed by atoms with Gasteiger partial charge >= 0.3 is 0 Å². The summed E-state index contributed by atoms with van der Waals surface area (Å²) in [6, 6.07) is 14.0. The molecule has 0 saturated heterocycles. The van der Waals surface area contributed by atoms with Gasteiger partial charge in [-0.2, -0.15) is 4.98 Å². The normalized spacial score (nSPS) is 10.6. The van der Waals surface area contributed by atoms with Crippen LogP contribution < -0.4 is 5.32 Å². The number of nitrogens with one attached hydrogen (secondary N) is 1. The van der Waals surface area contributed by atoms with Gasteiger partial charge < -0.3 is 9.84 Å². The number of Topliss-reactive ketones (excluding diaryl/α,β-unsaturated/α-hetero) is 1. The van der Waals surface area contributed by atoms with Gasteiger partial charge in [0, 0.05) is 34.7 Å². The summed E-state index contributed by atoms with van der Waals surface area (Å²) in [7, 11) is 0. The van der Waals surface area contributed by atoms with E-state index >= 15 is 0 Å². The van der Waals surface area contributed by atoms with Crippen molar-refractivity contribution in [3.05, 3.63) is 65.0 Å². The topological polar surface area (TPSA) is 85.1 Å². The number of carbonyl (C=O) groups excluding carboxylic acids is 2. The lowest BCUT2D eigenvalue weighted by molar-refractivity contribution is -0.116. The lowest BCUT2D eigenvalue weighted by atomic mass is 10.1. The molecule has 0 fully saturated rings. The number of aryl methyl sites for hydroxylation is 1. The van der Waals surface area contributed by atoms with Crippen LogP contribution >= 0.6 is 11.6 Å². The molecule has 1 N–H and O–H groups in total. The van der Waals surface area contributed by atoms with E-state index < -0.39 is 0 Å². The average molecular weight is 384 g/mol. The number of carbonyl (C=O) groups is 2. The van der Waals surface area contributed by atoms with Crippen molar-refractivity contribution < 1.29 is 14.1 Å². The average Bonchev–Trinajstić information content (AvgIpc) is 3.11. The Labute approximate surface area is 161 Å². The molecule has 7 heteroatoms. The highest BCUT2D eigenvalue weighted by Crippen LogP contribution is 2.19. The Hall–Kier alpha value is -2.99. The van der Waals surface area contributed by atoms with Crippen LogP contribution in [0.15, 0.2) is 53.1 Å². The van der Waals surface area contributed by atoms with Crippen LogP contribution in [0.25, 0.3) is 11.4 Å². The highest BCUT2D eigenvalue weighted by molar-refractivity contribution is 6.30. The summed E-state index contributed by atoms with van der Waals surface area (Å²) in [4.78, 5) is 27.6. The van der Waals surface area contributed by atoms with Crippen molar-refractivity contribution in [3.8, 4) is 11.4 Å². The van der Waals surface area contributed by atoms with E-state index in [2.05, 4.69) is 15.5 Å². The molecule has 1 aromatic heterocycles. The highest BCUT2D eigenvalue weighted by Gasteiger charge is 2.10. The molecular weight excluding hydrogens is 366 g/mol. The SMILES string of the molecule is CC(=O)c1ccc(NC(=O)CCCc2nc(-c3ccc(Cl)cc3)no2)cc1. The first kappa shape index (κ1) is 18.8. The number of halogens is 1. The monoisotopic (exact) mass is 383 g/mol. The van der Waals surface area contributed by atoms with E-state index in [1.54, 1.807) is 36.4 Å². The Morgan fingerprint density at radius 1 is 1.07 bits per heavy atom. The number of ketones is 1. The number of hydrogen-bond acceptors (Lipinski definition) is 5. The van der Waals surface area contributed by atoms with Crippen LogP contribution in [-0.2, 0) is 11.2 Å². The summed E-state index contributed by atoms with van der Waals surface area (Å²) in [5.74, 6) is 0.864. The largest absolute Gasteiger partial charge is 0.339 e. The van der Waals surface area contributed by atoms with Crippen molar-refractivity contribution in [3.63, 3.8) is 0 Å². The molecule has 2 aromatic carbocycles. The van der Waals surface area contributed by atoms with Crippen molar-refractivity contribution in [2.24, 2.45) is 0 Å². The van der Waals surface area contributed by atoms with Crippen LogP contribution in [-0.4, -0.2) is 21.8 Å². The number of benzene rings is 2. The zero-order valence-corrected chi connectivity index (χ0v) is 15.5. The minimum Gasteiger partial charge on any atom is -0.339 e. The van der Waals surface area contributed by atoms with Crippen molar-refractivity contribution in [2.45, 2.75) is 26.2 Å². The maximum absolute atomic E-state index is 12.0. The molecule has 0 spiro atoms. The number of nitrogens with zero attached hydrogens (tertiary/aromatic N) is 2. The third-order valence-electron chi connectivity index (χ3n) is 3.94. The minimum atomic E-state index is -0.108. The maximum atomic E-state index is 12.0. The molecule has 6 nitrogen and oxygen atoms in total. The van der Waals surface area contributed by atoms with Crippen molar-refractivity contribution in [1.82, 2.24) is 10.1 Å². The molecule has 1 amide bonds. The van der Waals surface area contributed by atoms with Gasteiger partial charge in [-0.3, -0.25) is 9.59 Å². The summed E-state index contributed by atoms with van der Waals surface area (Å²) in [5.41, 5.74) is 2.09. The minimum absolute atomic E-state index is 0.00889. The van der Waals surface area contributed by atoms with Crippen molar-refractivity contribution in [2.75, 3.05) is 5.32 Å². The second kappa shape index (κ2) is 8.60. The molecule has 0 aliphatic heterocycles. The van der Waals surface area contributed by atoms with Gasteiger partial charge in [0.05, 0.1) is 0 Å². The molecule has 0 atom stereocenters. The Bertz CT molecular complexity index is 934. The molecule has 0 saturated carbocycles. The standard InChI is InChI=1S/C20H18ClN3O3/c1-13(25)14-7-11-17(12-8-14)22-18(26)3-2-4-19-23-20(24-27-19)15-5-9-16(21)10-6-15/h5-12H,2-4H2,1H3,(H,22,26). The van der Waals surface area contributed by atoms with E-state index in [4.69, 9.17) is 16.1 Å². The molecule has 1 heterocycles. The van der Waals surface area contributed by atoms with E-state index in [1.807, 2.05) is 12.1 Å². The number of aromatic nitrogens is 2. The molecule has 0 unspecified atom stereocenters. The van der Waals surface area contributed by atoms with Gasteiger partial charge in [0.15, 0.2) is 5.78 Å². The molecule has 138 valence electrons. The number of amides is 1. The van der Waals surface area contributed by atoms with E-state index in [0.29, 0.717) is 47.3 Å². The van der Waals surface area contributed by atoms with Crippen LogP contribution in [0, 0.1) is 0 Å². The van der Waals surface area contributed by atoms with Crippen LogP contribution in [0.2, 0.25) is 5.02 Å². The van der Waals surface area contributed by atoms with Gasteiger partial charge in [0.2, 0.25) is 17.6 Å². The number of hydrogen-bond donors (Lipinski definition) is 1. The molecule has 0 aliphatic rings. The fourth-order valence-electron chi connectivity index (χ4n) is 2.48. The van der Waals surface area contributed by atoms with Gasteiger partial charge in [-0.05, 0) is 61.9 Å². The Balaban J connectivity index is 1.47. The zero-order chi connectivity index (χ0) is 19.2. The van der Waals surface area contributed by atoms with Gasteiger partial charge in [0.1, 0.15) is 0 Å². The van der Waals surface area contributed by atoms with Gasteiger partial charge in [-0.15, -0.1) is 0 Å². The maximum Gasteiger partial charge on any atom is 0.226 e. The molecule has 0 bridgehead atoms. The Morgan fingerprint density at radius 3 is 2.44 bits per heavy atom. The fraction of sp³-hybridized carbons (Fsp3) is 0.200. The van der Waals surface area contributed by atoms with Crippen LogP contribution in [0.1, 0.15) is 36.0 Å². The number of rotatable bonds is 7. The summed E-state index contributed by atoms with van der Waals surface area (Å²) in [6.07, 6.45) is 1.42. The molecule has 3 aromatic rings. The molecule has 27 heavy (non-hydrogen) atoms. The van der Waals surface area contributed by atoms with Gasteiger partial charge in [-0.1, -0.05) is 16.8 Å². The molecule has 0 aliphatic carbocycles. The molecule has 0 radical (unpaired) electrons. The third kappa shape index (κ3) is 5.24. The highest BCUT2D eigenvalue weighted by atomic mass is 35.5. The molecule has 3 rings (SSSR count). The first-order chi connectivity index (χ1) is 13.0. The predicted octanol–water partition coefficient (Wildman–Crippen LogP) is 4.55.